The van der Waals surface area contributed by atoms with Crippen molar-refractivity contribution in [3.8, 4) is 0 Å². The zero-order chi connectivity index (χ0) is 13.1. The molecule has 0 aliphatic heterocycles. The van der Waals surface area contributed by atoms with Gasteiger partial charge in [0.25, 0.3) is 0 Å². The minimum absolute atomic E-state index is 0.401. The normalized spacial score (nSPS) is 50.4. The van der Waals surface area contributed by atoms with Gasteiger partial charge >= 0.3 is 0 Å². The lowest BCUT2D eigenvalue weighted by molar-refractivity contribution is 0.0265. The van der Waals surface area contributed by atoms with Gasteiger partial charge in [-0.2, -0.15) is 0 Å². The van der Waals surface area contributed by atoms with Crippen molar-refractivity contribution in [1.82, 2.24) is 0 Å². The van der Waals surface area contributed by atoms with Crippen LogP contribution in [0.5, 0.6) is 0 Å². The molecule has 19 heavy (non-hydrogen) atoms. The highest BCUT2D eigenvalue weighted by molar-refractivity contribution is 5.39. The zero-order valence-electron chi connectivity index (χ0n) is 12.1. The molecule has 4 aliphatic carbocycles. The fourth-order valence-corrected chi connectivity index (χ4v) is 5.31. The highest BCUT2D eigenvalue weighted by Crippen LogP contribution is 2.61. The Morgan fingerprint density at radius 2 is 2.05 bits per heavy atom. The topological polar surface area (TPSA) is 0 Å². The molecular formula is C19H24. The van der Waals surface area contributed by atoms with E-state index in [4.69, 9.17) is 0 Å². The molecule has 0 heterocycles. The van der Waals surface area contributed by atoms with Gasteiger partial charge in [0, 0.05) is 0 Å². The highest BCUT2D eigenvalue weighted by Gasteiger charge is 2.52. The maximum absolute atomic E-state index is 2.55. The van der Waals surface area contributed by atoms with Gasteiger partial charge in [-0.15, -0.1) is 0 Å². The zero-order valence-corrected chi connectivity index (χ0v) is 12.1. The van der Waals surface area contributed by atoms with E-state index in [0.717, 1.165) is 17.8 Å². The van der Waals surface area contributed by atoms with Gasteiger partial charge in [0.2, 0.25) is 0 Å². The van der Waals surface area contributed by atoms with Gasteiger partial charge in [-0.1, -0.05) is 56.4 Å². The van der Waals surface area contributed by atoms with Gasteiger partial charge in [-0.25, -0.2) is 0 Å². The molecule has 0 nitrogen and oxygen atoms in total. The lowest BCUT2D eigenvalue weighted by atomic mass is 9.50. The smallest absolute Gasteiger partial charge is 0.000689 e. The second kappa shape index (κ2) is 3.75. The van der Waals surface area contributed by atoms with E-state index in [1.54, 1.807) is 5.57 Å². The van der Waals surface area contributed by atoms with Crippen molar-refractivity contribution in [2.45, 2.75) is 39.5 Å². The van der Waals surface area contributed by atoms with Crippen molar-refractivity contribution in [3.63, 3.8) is 0 Å². The fraction of sp³-hybridized carbons (Fsp3) is 0.579. The minimum atomic E-state index is 0.401. The molecule has 0 heteroatoms. The molecule has 5 atom stereocenters. The summed E-state index contributed by atoms with van der Waals surface area (Å²) in [6, 6.07) is 0. The van der Waals surface area contributed by atoms with Crippen LogP contribution in [0.25, 0.3) is 0 Å². The lowest BCUT2D eigenvalue weighted by Gasteiger charge is -2.54. The Morgan fingerprint density at radius 1 is 1.16 bits per heavy atom. The Labute approximate surface area is 117 Å². The third-order valence-electron chi connectivity index (χ3n) is 6.59. The van der Waals surface area contributed by atoms with Gasteiger partial charge in [0.1, 0.15) is 0 Å². The van der Waals surface area contributed by atoms with E-state index < -0.39 is 0 Å². The summed E-state index contributed by atoms with van der Waals surface area (Å²) in [4.78, 5) is 0. The Hall–Kier alpha value is -1.04. The van der Waals surface area contributed by atoms with Gasteiger partial charge in [0.05, 0.1) is 0 Å². The standard InChI is InChI=1S/C19H24/c1-18-11-5-7-16(18)15-9-8-14-6-3-4-12-19(14,2)17(15)10-13-18/h3-6,8-9,11,15-17H,7,10,12-13H2,1-2H3/t15-,16-,17-,18-,19-/m0/s1. The molecule has 0 unspecified atom stereocenters. The van der Waals surface area contributed by atoms with Crippen molar-refractivity contribution < 1.29 is 0 Å². The molecule has 0 N–H and O–H groups in total. The molecule has 0 amide bonds. The summed E-state index contributed by atoms with van der Waals surface area (Å²) in [6.45, 7) is 4.99. The number of rotatable bonds is 0. The molecule has 0 aromatic heterocycles. The number of allylic oxidation sites excluding steroid dienone is 8. The van der Waals surface area contributed by atoms with Crippen LogP contribution in [0.1, 0.15) is 39.5 Å². The molecule has 0 radical (unpaired) electrons. The van der Waals surface area contributed by atoms with Crippen LogP contribution in [-0.2, 0) is 0 Å². The Bertz CT molecular complexity index is 518. The van der Waals surface area contributed by atoms with Crippen LogP contribution in [0.4, 0.5) is 0 Å². The third kappa shape index (κ3) is 1.46. The van der Waals surface area contributed by atoms with E-state index in [2.05, 4.69) is 56.4 Å². The monoisotopic (exact) mass is 252 g/mol. The van der Waals surface area contributed by atoms with Crippen LogP contribution >= 0.6 is 0 Å². The molecule has 4 rings (SSSR count). The largest absolute Gasteiger partial charge is 0.0876 e. The molecule has 1 saturated carbocycles. The van der Waals surface area contributed by atoms with Crippen LogP contribution < -0.4 is 0 Å². The predicted molar refractivity (Wildman–Crippen MR) is 80.7 cm³/mol. The third-order valence-corrected chi connectivity index (χ3v) is 6.59. The molecule has 100 valence electrons. The Morgan fingerprint density at radius 3 is 2.95 bits per heavy atom. The molecule has 0 saturated heterocycles. The summed E-state index contributed by atoms with van der Waals surface area (Å²) >= 11 is 0. The fourth-order valence-electron chi connectivity index (χ4n) is 5.31. The molecule has 0 aromatic rings. The van der Waals surface area contributed by atoms with E-state index in [0.29, 0.717) is 10.8 Å². The number of hydrogen-bond acceptors (Lipinski definition) is 0. The van der Waals surface area contributed by atoms with E-state index in [1.165, 1.54) is 25.7 Å². The predicted octanol–water partition coefficient (Wildman–Crippen LogP) is 5.06. The summed E-state index contributed by atoms with van der Waals surface area (Å²) in [5.41, 5.74) is 2.46. The quantitative estimate of drug-likeness (QED) is 0.529. The van der Waals surface area contributed by atoms with Crippen molar-refractivity contribution in [2.24, 2.45) is 28.6 Å². The Kier molecular flexibility index (Phi) is 2.32. The summed E-state index contributed by atoms with van der Waals surface area (Å²) in [5.74, 6) is 2.50. The van der Waals surface area contributed by atoms with Crippen molar-refractivity contribution in [3.05, 3.63) is 48.1 Å². The van der Waals surface area contributed by atoms with Crippen LogP contribution in [-0.4, -0.2) is 0 Å². The second-order valence-electron chi connectivity index (χ2n) is 7.50. The minimum Gasteiger partial charge on any atom is -0.0876 e. The van der Waals surface area contributed by atoms with E-state index in [9.17, 15) is 0 Å². The molecule has 1 fully saturated rings. The number of hydrogen-bond donors (Lipinski definition) is 0. The van der Waals surface area contributed by atoms with Gasteiger partial charge in [0.15, 0.2) is 0 Å². The SMILES string of the molecule is C[C@@]12C=CC[C@H]1[C@@H]1C=CC3=CC=CC[C@]3(C)[C@H]1CC2. The summed E-state index contributed by atoms with van der Waals surface area (Å²) < 4.78 is 0. The van der Waals surface area contributed by atoms with E-state index in [-0.39, 0.29) is 0 Å². The van der Waals surface area contributed by atoms with Crippen LogP contribution in [0.2, 0.25) is 0 Å². The first kappa shape index (κ1) is 11.8. The Balaban J connectivity index is 1.76. The maximum Gasteiger partial charge on any atom is -0.000689 e. The summed E-state index contributed by atoms with van der Waals surface area (Å²) in [5, 5.41) is 0. The first-order valence-corrected chi connectivity index (χ1v) is 7.87. The molecule has 4 aliphatic rings. The van der Waals surface area contributed by atoms with Crippen LogP contribution in [0.3, 0.4) is 0 Å². The molecule has 0 bridgehead atoms. The van der Waals surface area contributed by atoms with Crippen molar-refractivity contribution in [1.29, 1.82) is 0 Å². The molecular weight excluding hydrogens is 228 g/mol. The lowest BCUT2D eigenvalue weighted by Crippen LogP contribution is -2.46. The van der Waals surface area contributed by atoms with Crippen molar-refractivity contribution >= 4 is 0 Å². The highest BCUT2D eigenvalue weighted by atomic mass is 14.6. The average molecular weight is 252 g/mol. The second-order valence-corrected chi connectivity index (χ2v) is 7.50. The average Bonchev–Trinajstić information content (AvgIpc) is 2.79. The van der Waals surface area contributed by atoms with Crippen LogP contribution in [0, 0.1) is 28.6 Å². The summed E-state index contributed by atoms with van der Waals surface area (Å²) in [6.07, 6.45) is 22.2. The van der Waals surface area contributed by atoms with Crippen LogP contribution in [0.15, 0.2) is 48.1 Å². The number of fused-ring (bicyclic) bond motifs is 5. The van der Waals surface area contributed by atoms with Crippen molar-refractivity contribution in [2.75, 3.05) is 0 Å². The first-order chi connectivity index (χ1) is 9.13. The molecule has 0 aromatic carbocycles. The van der Waals surface area contributed by atoms with E-state index >= 15 is 0 Å². The van der Waals surface area contributed by atoms with Gasteiger partial charge < -0.3 is 0 Å². The van der Waals surface area contributed by atoms with Gasteiger partial charge in [-0.3, -0.25) is 0 Å². The maximum atomic E-state index is 2.55. The van der Waals surface area contributed by atoms with E-state index in [1.807, 2.05) is 0 Å². The summed E-state index contributed by atoms with van der Waals surface area (Å²) in [7, 11) is 0. The van der Waals surface area contributed by atoms with Gasteiger partial charge in [-0.05, 0) is 59.8 Å². The molecule has 0 spiro atoms. The first-order valence-electron chi connectivity index (χ1n) is 7.87.